The maximum absolute atomic E-state index is 13.3. The lowest BCUT2D eigenvalue weighted by Gasteiger charge is -2.46. The van der Waals surface area contributed by atoms with Gasteiger partial charge < -0.3 is 18.6 Å². The summed E-state index contributed by atoms with van der Waals surface area (Å²) in [7, 11) is 1.43. The molecule has 2 fully saturated rings. The Bertz CT molecular complexity index is 824. The van der Waals surface area contributed by atoms with E-state index in [1.807, 2.05) is 6.07 Å². The van der Waals surface area contributed by atoms with E-state index >= 15 is 0 Å². The van der Waals surface area contributed by atoms with E-state index in [-0.39, 0.29) is 30.1 Å². The van der Waals surface area contributed by atoms with Gasteiger partial charge in [-0.25, -0.2) is 0 Å². The zero-order valence-electron chi connectivity index (χ0n) is 15.7. The van der Waals surface area contributed by atoms with Gasteiger partial charge in [0.1, 0.15) is 11.5 Å². The number of carbonyl (C=O) groups excluding carboxylic acids is 2. The van der Waals surface area contributed by atoms with Gasteiger partial charge in [-0.05, 0) is 48.8 Å². The highest BCUT2D eigenvalue weighted by Gasteiger charge is 2.65. The molecule has 1 spiro atoms. The Balaban J connectivity index is 1.65. The van der Waals surface area contributed by atoms with Crippen molar-refractivity contribution < 1.29 is 28.2 Å². The number of hydrogen-bond acceptors (Lipinski definition) is 6. The van der Waals surface area contributed by atoms with E-state index in [0.717, 1.165) is 42.4 Å². The molecule has 3 heterocycles. The fourth-order valence-corrected chi connectivity index (χ4v) is 5.98. The van der Waals surface area contributed by atoms with Gasteiger partial charge in [-0.2, -0.15) is 0 Å². The standard InChI is InChI=1S/C21H24O6/c1-12-8-15-17-14(4-3-6-20(17,11-26-15)18(22)24-2)21(12)9-16(27-19(21)23)13-5-7-25-10-13/h5,7,10,12,15-16H,3-4,6,8-9,11H2,1-2H3/t12-,15+,16+,20-,21-/m1/s1. The molecule has 2 aliphatic heterocycles. The third kappa shape index (κ3) is 2.05. The fourth-order valence-electron chi connectivity index (χ4n) is 5.98. The average molecular weight is 372 g/mol. The predicted molar refractivity (Wildman–Crippen MR) is 93.4 cm³/mol. The van der Waals surface area contributed by atoms with E-state index in [1.165, 1.54) is 7.11 Å². The molecule has 5 rings (SSSR count). The molecule has 144 valence electrons. The quantitative estimate of drug-likeness (QED) is 0.586. The highest BCUT2D eigenvalue weighted by Crippen LogP contribution is 2.64. The molecule has 2 saturated heterocycles. The van der Waals surface area contributed by atoms with Crippen LogP contribution in [0.5, 0.6) is 0 Å². The summed E-state index contributed by atoms with van der Waals surface area (Å²) in [5, 5.41) is 0. The van der Waals surface area contributed by atoms with Crippen LogP contribution in [0.2, 0.25) is 0 Å². The summed E-state index contributed by atoms with van der Waals surface area (Å²) in [6.45, 7) is 2.46. The first-order valence-corrected chi connectivity index (χ1v) is 9.70. The summed E-state index contributed by atoms with van der Waals surface area (Å²) in [6, 6.07) is 1.85. The highest BCUT2D eigenvalue weighted by molar-refractivity contribution is 5.88. The smallest absolute Gasteiger partial charge is 0.318 e. The maximum atomic E-state index is 13.3. The molecule has 0 unspecified atom stereocenters. The molecule has 0 amide bonds. The number of ether oxygens (including phenoxy) is 3. The molecule has 0 N–H and O–H groups in total. The van der Waals surface area contributed by atoms with Gasteiger partial charge in [-0.15, -0.1) is 0 Å². The van der Waals surface area contributed by atoms with Crippen molar-refractivity contribution in [3.63, 3.8) is 0 Å². The molecule has 27 heavy (non-hydrogen) atoms. The minimum atomic E-state index is -0.728. The van der Waals surface area contributed by atoms with E-state index in [4.69, 9.17) is 18.6 Å². The van der Waals surface area contributed by atoms with E-state index in [0.29, 0.717) is 13.0 Å². The molecule has 4 aliphatic rings. The van der Waals surface area contributed by atoms with Gasteiger partial charge in [0.05, 0.1) is 37.8 Å². The summed E-state index contributed by atoms with van der Waals surface area (Å²) in [6.07, 6.45) is 6.54. The number of rotatable bonds is 2. The second-order valence-electron chi connectivity index (χ2n) is 8.38. The minimum Gasteiger partial charge on any atom is -0.472 e. The van der Waals surface area contributed by atoms with Crippen molar-refractivity contribution in [1.82, 2.24) is 0 Å². The van der Waals surface area contributed by atoms with Crippen LogP contribution in [0.25, 0.3) is 0 Å². The van der Waals surface area contributed by atoms with Gasteiger partial charge in [0, 0.05) is 12.0 Å². The molecular weight excluding hydrogens is 348 g/mol. The zero-order chi connectivity index (χ0) is 18.8. The summed E-state index contributed by atoms with van der Waals surface area (Å²) >= 11 is 0. The van der Waals surface area contributed by atoms with E-state index in [9.17, 15) is 9.59 Å². The normalized spacial score (nSPS) is 40.2. The molecule has 2 aliphatic carbocycles. The monoisotopic (exact) mass is 372 g/mol. The van der Waals surface area contributed by atoms with Crippen molar-refractivity contribution in [3.05, 3.63) is 35.3 Å². The number of methoxy groups -OCH3 is 1. The van der Waals surface area contributed by atoms with Gasteiger partial charge in [0.2, 0.25) is 0 Å². The molecule has 0 aromatic carbocycles. The van der Waals surface area contributed by atoms with Crippen molar-refractivity contribution in [2.45, 2.75) is 51.2 Å². The van der Waals surface area contributed by atoms with Gasteiger partial charge in [-0.1, -0.05) is 6.92 Å². The van der Waals surface area contributed by atoms with Crippen LogP contribution in [0.1, 0.15) is 50.7 Å². The number of esters is 2. The molecule has 5 atom stereocenters. The van der Waals surface area contributed by atoms with Crippen molar-refractivity contribution in [2.24, 2.45) is 16.7 Å². The highest BCUT2D eigenvalue weighted by atomic mass is 16.6. The first kappa shape index (κ1) is 17.0. The Hall–Kier alpha value is -2.08. The van der Waals surface area contributed by atoms with Gasteiger partial charge in [-0.3, -0.25) is 9.59 Å². The molecule has 6 nitrogen and oxygen atoms in total. The van der Waals surface area contributed by atoms with Gasteiger partial charge >= 0.3 is 11.9 Å². The third-order valence-electron chi connectivity index (χ3n) is 7.28. The lowest BCUT2D eigenvalue weighted by molar-refractivity contribution is -0.153. The van der Waals surface area contributed by atoms with Crippen molar-refractivity contribution in [1.29, 1.82) is 0 Å². The Labute approximate surface area is 157 Å². The molecule has 1 aromatic heterocycles. The van der Waals surface area contributed by atoms with Gasteiger partial charge in [0.15, 0.2) is 0 Å². The van der Waals surface area contributed by atoms with Crippen LogP contribution in [0.3, 0.4) is 0 Å². The van der Waals surface area contributed by atoms with E-state index in [2.05, 4.69) is 6.92 Å². The lowest BCUT2D eigenvalue weighted by atomic mass is 9.54. The van der Waals surface area contributed by atoms with Crippen LogP contribution in [0.4, 0.5) is 0 Å². The number of furan rings is 1. The second-order valence-corrected chi connectivity index (χ2v) is 8.38. The zero-order valence-corrected chi connectivity index (χ0v) is 15.7. The fraction of sp³-hybridized carbons (Fsp3) is 0.619. The van der Waals surface area contributed by atoms with Crippen molar-refractivity contribution in [3.8, 4) is 0 Å². The summed E-state index contributed by atoms with van der Waals surface area (Å²) in [5.74, 6) is -0.313. The van der Waals surface area contributed by atoms with Crippen LogP contribution in [0.15, 0.2) is 34.2 Å². The largest absolute Gasteiger partial charge is 0.472 e. The summed E-state index contributed by atoms with van der Waals surface area (Å²) in [5.41, 5.74) is 1.58. The average Bonchev–Trinajstić information content (AvgIpc) is 3.39. The van der Waals surface area contributed by atoms with Gasteiger partial charge in [0.25, 0.3) is 0 Å². The number of fused-ring (bicyclic) bond motifs is 1. The minimum absolute atomic E-state index is 0.0946. The SMILES string of the molecule is COC(=O)[C@@]12CCCC3=C1[C@H](C[C@@H](C)[C@]31C[C@@H](c3ccoc3)OC1=O)OC2. The predicted octanol–water partition coefficient (Wildman–Crippen LogP) is 3.33. The molecular formula is C21H24O6. The topological polar surface area (TPSA) is 75.0 Å². The van der Waals surface area contributed by atoms with Crippen molar-refractivity contribution in [2.75, 3.05) is 13.7 Å². The molecule has 0 saturated carbocycles. The van der Waals surface area contributed by atoms with Crippen LogP contribution < -0.4 is 0 Å². The molecule has 0 radical (unpaired) electrons. The second kappa shape index (κ2) is 5.71. The maximum Gasteiger partial charge on any atom is 0.318 e. The lowest BCUT2D eigenvalue weighted by Crippen LogP contribution is -2.48. The van der Waals surface area contributed by atoms with Crippen LogP contribution in [-0.4, -0.2) is 31.8 Å². The summed E-state index contributed by atoms with van der Waals surface area (Å²) < 4.78 is 22.3. The van der Waals surface area contributed by atoms with Crippen LogP contribution in [0, 0.1) is 16.7 Å². The van der Waals surface area contributed by atoms with Crippen LogP contribution >= 0.6 is 0 Å². The summed E-state index contributed by atoms with van der Waals surface area (Å²) in [4.78, 5) is 26.0. The third-order valence-corrected chi connectivity index (χ3v) is 7.28. The van der Waals surface area contributed by atoms with Crippen molar-refractivity contribution >= 4 is 11.9 Å². The van der Waals surface area contributed by atoms with E-state index in [1.54, 1.807) is 12.5 Å². The molecule has 1 aromatic rings. The number of cyclic esters (lactones) is 1. The molecule has 6 heteroatoms. The molecule has 0 bridgehead atoms. The number of carbonyl (C=O) groups is 2. The first-order valence-electron chi connectivity index (χ1n) is 9.70. The first-order chi connectivity index (χ1) is 13.0. The Morgan fingerprint density at radius 1 is 1.33 bits per heavy atom. The number of hydrogen-bond donors (Lipinski definition) is 0. The van der Waals surface area contributed by atoms with E-state index < -0.39 is 10.8 Å². The Morgan fingerprint density at radius 3 is 2.93 bits per heavy atom. The Morgan fingerprint density at radius 2 is 2.19 bits per heavy atom. The Kier molecular flexibility index (Phi) is 3.60. The van der Waals surface area contributed by atoms with Crippen LogP contribution in [-0.2, 0) is 23.8 Å².